The highest BCUT2D eigenvalue weighted by Crippen LogP contribution is 2.29. The number of likely N-dealkylation sites (tertiary alicyclic amines) is 2. The first-order chi connectivity index (χ1) is 13.7. The number of carbonyl (C=O) groups excluding carboxylic acids is 1. The number of nitriles is 1. The zero-order valence-corrected chi connectivity index (χ0v) is 16.1. The highest BCUT2D eigenvalue weighted by molar-refractivity contribution is 5.92. The quantitative estimate of drug-likeness (QED) is 0.858. The van der Waals surface area contributed by atoms with Crippen molar-refractivity contribution in [3.8, 4) is 11.8 Å². The molecule has 2 saturated heterocycles. The number of methoxy groups -OCH3 is 1. The molecule has 1 amide bonds. The normalized spacial score (nSPS) is 22.4. The highest BCUT2D eigenvalue weighted by Gasteiger charge is 2.31. The molecule has 0 aliphatic carbocycles. The van der Waals surface area contributed by atoms with Crippen LogP contribution in [0, 0.1) is 11.3 Å². The summed E-state index contributed by atoms with van der Waals surface area (Å²) in [5, 5.41) is 13.9. The summed E-state index contributed by atoms with van der Waals surface area (Å²) in [7, 11) is 1.66. The molecule has 0 saturated carbocycles. The maximum atomic E-state index is 12.6. The van der Waals surface area contributed by atoms with E-state index in [2.05, 4.69) is 27.3 Å². The van der Waals surface area contributed by atoms with Crippen molar-refractivity contribution in [1.29, 1.82) is 5.26 Å². The van der Waals surface area contributed by atoms with Crippen molar-refractivity contribution >= 4 is 22.5 Å². The second kappa shape index (κ2) is 8.03. The largest absolute Gasteiger partial charge is 0.497 e. The smallest absolute Gasteiger partial charge is 0.237 e. The second-order valence-electron chi connectivity index (χ2n) is 7.48. The van der Waals surface area contributed by atoms with Crippen molar-refractivity contribution in [3.05, 3.63) is 30.5 Å². The molecule has 3 heterocycles. The Kier molecular flexibility index (Phi) is 5.31. The van der Waals surface area contributed by atoms with Crippen molar-refractivity contribution in [1.82, 2.24) is 14.8 Å². The van der Waals surface area contributed by atoms with Gasteiger partial charge in [-0.15, -0.1) is 0 Å². The molecule has 1 aromatic heterocycles. The summed E-state index contributed by atoms with van der Waals surface area (Å²) in [6.45, 7) is 2.76. The molecule has 0 radical (unpaired) electrons. The van der Waals surface area contributed by atoms with Crippen LogP contribution in [0.3, 0.4) is 0 Å². The van der Waals surface area contributed by atoms with Crippen LogP contribution in [0.2, 0.25) is 0 Å². The molecule has 2 atom stereocenters. The molecule has 7 nitrogen and oxygen atoms in total. The molecule has 2 aliphatic heterocycles. The summed E-state index contributed by atoms with van der Waals surface area (Å²) in [5.74, 6) is 0.844. The Morgan fingerprint density at radius 1 is 1.39 bits per heavy atom. The third-order valence-electron chi connectivity index (χ3n) is 5.64. The number of pyridine rings is 1. The monoisotopic (exact) mass is 379 g/mol. The average Bonchev–Trinajstić information content (AvgIpc) is 3.37. The van der Waals surface area contributed by atoms with E-state index in [1.807, 2.05) is 18.2 Å². The van der Waals surface area contributed by atoms with Gasteiger partial charge in [0.2, 0.25) is 5.91 Å². The predicted octanol–water partition coefficient (Wildman–Crippen LogP) is 2.24. The average molecular weight is 379 g/mol. The van der Waals surface area contributed by atoms with Gasteiger partial charge in [0.05, 0.1) is 25.2 Å². The van der Waals surface area contributed by atoms with Crippen LogP contribution in [0.5, 0.6) is 5.75 Å². The van der Waals surface area contributed by atoms with E-state index in [0.717, 1.165) is 54.7 Å². The molecular weight excluding hydrogens is 354 g/mol. The number of amides is 1. The van der Waals surface area contributed by atoms with E-state index in [9.17, 15) is 10.1 Å². The van der Waals surface area contributed by atoms with Gasteiger partial charge >= 0.3 is 0 Å². The fourth-order valence-electron chi connectivity index (χ4n) is 4.19. The maximum absolute atomic E-state index is 12.6. The number of hydrogen-bond donors (Lipinski definition) is 1. The van der Waals surface area contributed by atoms with E-state index in [4.69, 9.17) is 4.74 Å². The highest BCUT2D eigenvalue weighted by atomic mass is 16.5. The Balaban J connectivity index is 1.41. The fraction of sp³-hybridized carbons (Fsp3) is 0.476. The third-order valence-corrected chi connectivity index (χ3v) is 5.64. The van der Waals surface area contributed by atoms with Crippen LogP contribution < -0.4 is 10.1 Å². The molecule has 28 heavy (non-hydrogen) atoms. The summed E-state index contributed by atoms with van der Waals surface area (Å²) in [6.07, 6.45) is 4.46. The standard InChI is InChI=1S/C21H25N5O2/c1-28-17-10-19-18(5-2-7-23-19)20(11-17)24-15-6-9-25(13-15)14-21(27)26-8-3-4-16(26)12-22/h2,5,7,10-11,15-16,24H,3-4,6,8-9,13-14H2,1H3/t15-,16+/m1/s1. The molecule has 0 spiro atoms. The van der Waals surface area contributed by atoms with E-state index in [1.54, 1.807) is 18.2 Å². The molecule has 2 fully saturated rings. The van der Waals surface area contributed by atoms with Gasteiger partial charge in [-0.25, -0.2) is 0 Å². The number of rotatable bonds is 5. The number of anilines is 1. The lowest BCUT2D eigenvalue weighted by molar-refractivity contribution is -0.132. The molecule has 2 aliphatic rings. The molecule has 0 unspecified atom stereocenters. The molecular formula is C21H25N5O2. The lowest BCUT2D eigenvalue weighted by Crippen LogP contribution is -2.42. The molecule has 2 aromatic rings. The van der Waals surface area contributed by atoms with Crippen LogP contribution in [-0.4, -0.2) is 66.1 Å². The topological polar surface area (TPSA) is 81.5 Å². The molecule has 146 valence electrons. The number of fused-ring (bicyclic) bond motifs is 1. The van der Waals surface area contributed by atoms with Gasteiger partial charge in [-0.2, -0.15) is 5.26 Å². The van der Waals surface area contributed by atoms with Crippen LogP contribution in [-0.2, 0) is 4.79 Å². The van der Waals surface area contributed by atoms with Gasteiger partial charge < -0.3 is 15.0 Å². The van der Waals surface area contributed by atoms with Gasteiger partial charge in [0.25, 0.3) is 0 Å². The number of benzene rings is 1. The van der Waals surface area contributed by atoms with Gasteiger partial charge in [-0.3, -0.25) is 14.7 Å². The first-order valence-electron chi connectivity index (χ1n) is 9.78. The van der Waals surface area contributed by atoms with Gasteiger partial charge in [0.1, 0.15) is 11.8 Å². The number of nitrogens with one attached hydrogen (secondary N) is 1. The number of nitrogens with zero attached hydrogens (tertiary/aromatic N) is 4. The zero-order valence-electron chi connectivity index (χ0n) is 16.1. The van der Waals surface area contributed by atoms with Crippen molar-refractivity contribution in [2.24, 2.45) is 0 Å². The van der Waals surface area contributed by atoms with E-state index < -0.39 is 0 Å². The minimum atomic E-state index is -0.250. The molecule has 7 heteroatoms. The second-order valence-corrected chi connectivity index (χ2v) is 7.48. The number of carbonyl (C=O) groups is 1. The van der Waals surface area contributed by atoms with Crippen molar-refractivity contribution < 1.29 is 9.53 Å². The van der Waals surface area contributed by atoms with Crippen LogP contribution in [0.25, 0.3) is 10.9 Å². The van der Waals surface area contributed by atoms with Crippen LogP contribution >= 0.6 is 0 Å². The summed E-state index contributed by atoms with van der Waals surface area (Å²) in [4.78, 5) is 20.9. The molecule has 0 bridgehead atoms. The minimum absolute atomic E-state index is 0.0701. The summed E-state index contributed by atoms with van der Waals surface area (Å²) >= 11 is 0. The van der Waals surface area contributed by atoms with Gasteiger partial charge in [0, 0.05) is 55.1 Å². The number of hydrogen-bond acceptors (Lipinski definition) is 6. The van der Waals surface area contributed by atoms with Crippen LogP contribution in [0.1, 0.15) is 19.3 Å². The Morgan fingerprint density at radius 2 is 2.29 bits per heavy atom. The predicted molar refractivity (Wildman–Crippen MR) is 107 cm³/mol. The fourth-order valence-corrected chi connectivity index (χ4v) is 4.19. The summed E-state index contributed by atoms with van der Waals surface area (Å²) in [6, 6.07) is 10.2. The van der Waals surface area contributed by atoms with E-state index in [0.29, 0.717) is 13.1 Å². The number of aromatic nitrogens is 1. The van der Waals surface area contributed by atoms with E-state index in [1.165, 1.54) is 0 Å². The van der Waals surface area contributed by atoms with Crippen LogP contribution in [0.4, 0.5) is 5.69 Å². The lowest BCUT2D eigenvalue weighted by atomic mass is 10.1. The first kappa shape index (κ1) is 18.5. The molecule has 1 aromatic carbocycles. The van der Waals surface area contributed by atoms with Crippen molar-refractivity contribution in [3.63, 3.8) is 0 Å². The van der Waals surface area contributed by atoms with Crippen molar-refractivity contribution in [2.45, 2.75) is 31.3 Å². The van der Waals surface area contributed by atoms with Gasteiger partial charge in [-0.05, 0) is 31.4 Å². The first-order valence-corrected chi connectivity index (χ1v) is 9.78. The Hall–Kier alpha value is -2.85. The Morgan fingerprint density at radius 3 is 3.11 bits per heavy atom. The van der Waals surface area contributed by atoms with Gasteiger partial charge in [0.15, 0.2) is 0 Å². The maximum Gasteiger partial charge on any atom is 0.237 e. The van der Waals surface area contributed by atoms with E-state index >= 15 is 0 Å². The summed E-state index contributed by atoms with van der Waals surface area (Å²) < 4.78 is 5.41. The SMILES string of the molecule is COc1cc(N[C@@H]2CCN(CC(=O)N3CCC[C@H]3C#N)C2)c2cccnc2c1. The Labute approximate surface area is 164 Å². The minimum Gasteiger partial charge on any atom is -0.497 e. The van der Waals surface area contributed by atoms with Crippen LogP contribution in [0.15, 0.2) is 30.5 Å². The summed E-state index contributed by atoms with van der Waals surface area (Å²) in [5.41, 5.74) is 1.90. The zero-order chi connectivity index (χ0) is 19.5. The lowest BCUT2D eigenvalue weighted by Gasteiger charge is -2.23. The molecule has 4 rings (SSSR count). The Bertz CT molecular complexity index is 909. The van der Waals surface area contributed by atoms with Gasteiger partial charge in [-0.1, -0.05) is 0 Å². The number of ether oxygens (including phenoxy) is 1. The van der Waals surface area contributed by atoms with Crippen molar-refractivity contribution in [2.75, 3.05) is 38.6 Å². The van der Waals surface area contributed by atoms with E-state index in [-0.39, 0.29) is 18.0 Å². The molecule has 1 N–H and O–H groups in total. The third kappa shape index (κ3) is 3.73.